The van der Waals surface area contributed by atoms with E-state index < -0.39 is 10.8 Å². The summed E-state index contributed by atoms with van der Waals surface area (Å²) in [7, 11) is -0.955. The van der Waals surface area contributed by atoms with Gasteiger partial charge in [0.1, 0.15) is 0 Å². The predicted molar refractivity (Wildman–Crippen MR) is 75.9 cm³/mol. The molecule has 0 saturated carbocycles. The first-order valence-corrected chi connectivity index (χ1v) is 7.61. The molecule has 3 rings (SSSR count). The maximum atomic E-state index is 11.8. The second-order valence-corrected chi connectivity index (χ2v) is 5.80. The molecule has 0 saturated heterocycles. The van der Waals surface area contributed by atoms with Crippen LogP contribution in [-0.2, 0) is 17.2 Å². The van der Waals surface area contributed by atoms with Crippen molar-refractivity contribution in [1.29, 1.82) is 0 Å². The van der Waals surface area contributed by atoms with Crippen LogP contribution in [0.4, 0.5) is 11.4 Å². The highest BCUT2D eigenvalue weighted by Gasteiger charge is 2.22. The fraction of sp³-hybridized carbons (Fsp3) is 0.200. The Hall–Kier alpha value is -1.61. The fourth-order valence-corrected chi connectivity index (χ4v) is 3.25. The molecule has 92 valence electrons. The van der Waals surface area contributed by atoms with Gasteiger partial charge in [0, 0.05) is 18.5 Å². The molecule has 0 aliphatic carbocycles. The van der Waals surface area contributed by atoms with Gasteiger partial charge in [0.05, 0.1) is 21.4 Å². The van der Waals surface area contributed by atoms with E-state index >= 15 is 0 Å². The van der Waals surface area contributed by atoms with E-state index in [1.165, 1.54) is 11.3 Å². The average molecular weight is 257 g/mol. The van der Waals surface area contributed by atoms with E-state index in [4.69, 9.17) is 0 Å². The number of fused-ring (bicyclic) bond motifs is 1. The van der Waals surface area contributed by atoms with Crippen molar-refractivity contribution in [2.45, 2.75) is 11.3 Å². The Morgan fingerprint density at radius 2 is 1.67 bits per heavy atom. The van der Waals surface area contributed by atoms with Gasteiger partial charge in [-0.15, -0.1) is 0 Å². The molecule has 1 aliphatic rings. The fourth-order valence-electron chi connectivity index (χ4n) is 2.51. The van der Waals surface area contributed by atoms with Crippen LogP contribution in [0.25, 0.3) is 0 Å². The number of rotatable bonds is 2. The number of para-hydroxylation sites is 2. The summed E-state index contributed by atoms with van der Waals surface area (Å²) >= 11 is 0. The van der Waals surface area contributed by atoms with Gasteiger partial charge in [-0.1, -0.05) is 30.3 Å². The van der Waals surface area contributed by atoms with Crippen molar-refractivity contribution in [3.05, 3.63) is 54.1 Å². The number of anilines is 2. The summed E-state index contributed by atoms with van der Waals surface area (Å²) in [6, 6.07) is 16.4. The minimum absolute atomic E-state index is 0.911. The number of nitrogens with zero attached hydrogens (tertiary/aromatic N) is 1. The maximum Gasteiger partial charge on any atom is 0.0622 e. The first-order chi connectivity index (χ1) is 8.77. The molecule has 0 N–H and O–H groups in total. The first kappa shape index (κ1) is 11.5. The Morgan fingerprint density at radius 3 is 2.44 bits per heavy atom. The Kier molecular flexibility index (Phi) is 2.92. The van der Waals surface area contributed by atoms with Crippen LogP contribution >= 0.6 is 0 Å². The molecule has 0 aromatic heterocycles. The van der Waals surface area contributed by atoms with Gasteiger partial charge in [-0.25, -0.2) is 0 Å². The van der Waals surface area contributed by atoms with Crippen molar-refractivity contribution < 1.29 is 4.21 Å². The average Bonchev–Trinajstić information content (AvgIpc) is 2.82. The van der Waals surface area contributed by atoms with Gasteiger partial charge < -0.3 is 4.90 Å². The molecule has 2 nitrogen and oxygen atoms in total. The zero-order valence-corrected chi connectivity index (χ0v) is 11.1. The van der Waals surface area contributed by atoms with Crippen LogP contribution in [0.5, 0.6) is 0 Å². The normalized spacial score (nSPS) is 15.5. The SMILES string of the molecule is CS(=O)c1ccccc1N1CCc2ccccc21. The van der Waals surface area contributed by atoms with Crippen molar-refractivity contribution in [3.63, 3.8) is 0 Å². The van der Waals surface area contributed by atoms with Crippen molar-refractivity contribution >= 4 is 22.2 Å². The lowest BCUT2D eigenvalue weighted by molar-refractivity contribution is 0.686. The number of benzene rings is 2. The summed E-state index contributed by atoms with van der Waals surface area (Å²) < 4.78 is 11.8. The molecule has 1 heterocycles. The Bertz CT molecular complexity index is 609. The van der Waals surface area contributed by atoms with Crippen molar-refractivity contribution in [2.24, 2.45) is 0 Å². The standard InChI is InChI=1S/C15H15NOS/c1-18(17)15-9-5-4-8-14(15)16-11-10-12-6-2-3-7-13(12)16/h2-9H,10-11H2,1H3. The molecule has 0 fully saturated rings. The third-order valence-corrected chi connectivity index (χ3v) is 4.32. The highest BCUT2D eigenvalue weighted by Crippen LogP contribution is 2.36. The number of hydrogen-bond donors (Lipinski definition) is 0. The molecule has 18 heavy (non-hydrogen) atoms. The molecule has 2 aromatic rings. The zero-order valence-electron chi connectivity index (χ0n) is 10.3. The van der Waals surface area contributed by atoms with E-state index in [0.717, 1.165) is 23.5 Å². The number of hydrogen-bond acceptors (Lipinski definition) is 2. The van der Waals surface area contributed by atoms with Gasteiger partial charge in [-0.3, -0.25) is 4.21 Å². The van der Waals surface area contributed by atoms with Gasteiger partial charge in [-0.2, -0.15) is 0 Å². The van der Waals surface area contributed by atoms with E-state index in [-0.39, 0.29) is 0 Å². The quantitative estimate of drug-likeness (QED) is 0.824. The lowest BCUT2D eigenvalue weighted by Crippen LogP contribution is -2.15. The lowest BCUT2D eigenvalue weighted by atomic mass is 10.2. The van der Waals surface area contributed by atoms with Gasteiger partial charge in [-0.05, 0) is 30.2 Å². The minimum Gasteiger partial charge on any atom is -0.340 e. The summed E-state index contributed by atoms with van der Waals surface area (Å²) in [5, 5.41) is 0. The van der Waals surface area contributed by atoms with Crippen LogP contribution in [0.1, 0.15) is 5.56 Å². The second-order valence-electron chi connectivity index (χ2n) is 4.45. The topological polar surface area (TPSA) is 20.3 Å². The molecular weight excluding hydrogens is 242 g/mol. The van der Waals surface area contributed by atoms with E-state index in [2.05, 4.69) is 35.2 Å². The molecule has 0 amide bonds. The molecule has 1 atom stereocenters. The van der Waals surface area contributed by atoms with Crippen LogP contribution in [0.3, 0.4) is 0 Å². The molecule has 0 bridgehead atoms. The molecule has 2 aromatic carbocycles. The van der Waals surface area contributed by atoms with Crippen LogP contribution in [-0.4, -0.2) is 17.0 Å². The zero-order chi connectivity index (χ0) is 12.5. The van der Waals surface area contributed by atoms with Crippen molar-refractivity contribution in [2.75, 3.05) is 17.7 Å². The lowest BCUT2D eigenvalue weighted by Gasteiger charge is -2.21. The molecule has 0 spiro atoms. The molecule has 1 aliphatic heterocycles. The Balaban J connectivity index is 2.10. The van der Waals surface area contributed by atoms with Gasteiger partial charge in [0.2, 0.25) is 0 Å². The summed E-state index contributed by atoms with van der Waals surface area (Å²) in [6.07, 6.45) is 2.79. The van der Waals surface area contributed by atoms with E-state index in [9.17, 15) is 4.21 Å². The van der Waals surface area contributed by atoms with Crippen LogP contribution < -0.4 is 4.90 Å². The van der Waals surface area contributed by atoms with Crippen molar-refractivity contribution in [1.82, 2.24) is 0 Å². The van der Waals surface area contributed by atoms with E-state index in [1.54, 1.807) is 6.26 Å². The molecule has 3 heteroatoms. The van der Waals surface area contributed by atoms with E-state index in [0.29, 0.717) is 0 Å². The highest BCUT2D eigenvalue weighted by atomic mass is 32.2. The largest absolute Gasteiger partial charge is 0.340 e. The van der Waals surface area contributed by atoms with Gasteiger partial charge in [0.15, 0.2) is 0 Å². The Labute approximate surface area is 110 Å². The molecular formula is C15H15NOS. The smallest absolute Gasteiger partial charge is 0.0622 e. The second kappa shape index (κ2) is 4.58. The molecule has 0 radical (unpaired) electrons. The minimum atomic E-state index is -0.955. The predicted octanol–water partition coefficient (Wildman–Crippen LogP) is 3.12. The summed E-state index contributed by atoms with van der Waals surface area (Å²) in [5.74, 6) is 0. The van der Waals surface area contributed by atoms with Crippen LogP contribution in [0.15, 0.2) is 53.4 Å². The Morgan fingerprint density at radius 1 is 1.00 bits per heavy atom. The van der Waals surface area contributed by atoms with Gasteiger partial charge in [0.25, 0.3) is 0 Å². The first-order valence-electron chi connectivity index (χ1n) is 6.05. The summed E-state index contributed by atoms with van der Waals surface area (Å²) in [4.78, 5) is 3.18. The third-order valence-electron chi connectivity index (χ3n) is 3.35. The summed E-state index contributed by atoms with van der Waals surface area (Å²) in [6.45, 7) is 0.966. The van der Waals surface area contributed by atoms with Crippen LogP contribution in [0.2, 0.25) is 0 Å². The highest BCUT2D eigenvalue weighted by molar-refractivity contribution is 7.84. The maximum absolute atomic E-state index is 11.8. The summed E-state index contributed by atoms with van der Waals surface area (Å²) in [5.41, 5.74) is 3.69. The monoisotopic (exact) mass is 257 g/mol. The van der Waals surface area contributed by atoms with Gasteiger partial charge >= 0.3 is 0 Å². The van der Waals surface area contributed by atoms with Crippen molar-refractivity contribution in [3.8, 4) is 0 Å². The van der Waals surface area contributed by atoms with E-state index in [1.807, 2.05) is 18.2 Å². The molecule has 1 unspecified atom stereocenters. The third kappa shape index (κ3) is 1.85. The van der Waals surface area contributed by atoms with Crippen LogP contribution in [0, 0.1) is 0 Å².